The first kappa shape index (κ1) is 11.0. The summed E-state index contributed by atoms with van der Waals surface area (Å²) < 4.78 is 62.1. The largest absolute Gasteiger partial charge is 0.369 e. The Kier molecular flexibility index (Phi) is 1.55. The van der Waals surface area contributed by atoms with E-state index in [2.05, 4.69) is 9.97 Å². The van der Waals surface area contributed by atoms with Crippen LogP contribution < -0.4 is 5.73 Å². The number of imidazole rings is 1. The molecule has 1 aromatic heterocycles. The summed E-state index contributed by atoms with van der Waals surface area (Å²) in [5, 5.41) is 0. The van der Waals surface area contributed by atoms with Gasteiger partial charge in [-0.25, -0.2) is 4.98 Å². The Hall–Kier alpha value is -1.51. The van der Waals surface area contributed by atoms with Crippen molar-refractivity contribution in [2.45, 2.75) is 4.90 Å². The molecule has 9 heteroatoms. The first-order valence-electron chi connectivity index (χ1n) is 3.95. The zero-order chi connectivity index (χ0) is 12.3. The maximum absolute atomic E-state index is 12.4. The Labute approximate surface area is 86.2 Å². The van der Waals surface area contributed by atoms with Crippen LogP contribution in [0.15, 0.2) is 23.1 Å². The number of benzene rings is 1. The number of anilines is 1. The highest BCUT2D eigenvalue weighted by atomic mass is 32.5. The maximum Gasteiger partial charge on any atom is 0.310 e. The number of nitrogens with one attached hydrogen (secondary N) is 1. The lowest BCUT2D eigenvalue weighted by Crippen LogP contribution is -2.05. The van der Waals surface area contributed by atoms with Crippen LogP contribution in [0.2, 0.25) is 0 Å². The molecule has 3 N–H and O–H groups in total. The molecule has 0 aliphatic heterocycles. The van der Waals surface area contributed by atoms with Crippen molar-refractivity contribution < 1.29 is 19.4 Å². The van der Waals surface area contributed by atoms with E-state index in [-0.39, 0.29) is 17.0 Å². The molecule has 1 heterocycles. The molecule has 0 aliphatic rings. The topological polar surface area (TPSA) is 54.7 Å². The molecule has 0 amide bonds. The fourth-order valence-electron chi connectivity index (χ4n) is 1.25. The van der Waals surface area contributed by atoms with Crippen LogP contribution in [0.3, 0.4) is 0 Å². The van der Waals surface area contributed by atoms with Crippen LogP contribution in [0.4, 0.5) is 25.4 Å². The van der Waals surface area contributed by atoms with Gasteiger partial charge < -0.3 is 10.7 Å². The van der Waals surface area contributed by atoms with Gasteiger partial charge in [-0.1, -0.05) is 19.4 Å². The Morgan fingerprint density at radius 3 is 2.31 bits per heavy atom. The molecule has 0 aliphatic carbocycles. The molecule has 0 saturated carbocycles. The number of fused-ring (bicyclic) bond motifs is 1. The van der Waals surface area contributed by atoms with E-state index >= 15 is 0 Å². The summed E-state index contributed by atoms with van der Waals surface area (Å²) in [6, 6.07) is 1.44. The van der Waals surface area contributed by atoms with E-state index in [1.54, 1.807) is 0 Å². The fraction of sp³-hybridized carbons (Fsp3) is 0. The number of aromatic amines is 1. The average molecular weight is 259 g/mol. The van der Waals surface area contributed by atoms with Gasteiger partial charge in [0.25, 0.3) is 0 Å². The van der Waals surface area contributed by atoms with Crippen LogP contribution in [0.1, 0.15) is 0 Å². The van der Waals surface area contributed by atoms with Crippen LogP contribution in [0, 0.1) is 0 Å². The monoisotopic (exact) mass is 259 g/mol. The number of hydrogen-bond donors (Lipinski definition) is 2. The molecular weight excluding hydrogens is 253 g/mol. The Morgan fingerprint density at radius 1 is 1.12 bits per heavy atom. The van der Waals surface area contributed by atoms with E-state index in [1.807, 2.05) is 0 Å². The maximum atomic E-state index is 12.4. The number of aromatic nitrogens is 2. The summed E-state index contributed by atoms with van der Waals surface area (Å²) in [6.45, 7) is 0. The second-order valence-corrected chi connectivity index (χ2v) is 5.68. The van der Waals surface area contributed by atoms with Crippen LogP contribution in [-0.2, 0) is 0 Å². The molecule has 0 saturated heterocycles. The lowest BCUT2D eigenvalue weighted by molar-refractivity contribution is 0.364. The van der Waals surface area contributed by atoms with Gasteiger partial charge in [0.1, 0.15) is 4.90 Å². The number of nitrogen functional groups attached to an aromatic ring is 1. The van der Waals surface area contributed by atoms with Crippen molar-refractivity contribution in [3.05, 3.63) is 18.2 Å². The first-order valence-corrected chi connectivity index (χ1v) is 5.90. The summed E-state index contributed by atoms with van der Waals surface area (Å²) >= 11 is 0. The Morgan fingerprint density at radius 2 is 1.75 bits per heavy atom. The van der Waals surface area contributed by atoms with Crippen LogP contribution in [0.25, 0.3) is 11.0 Å². The van der Waals surface area contributed by atoms with E-state index in [0.29, 0.717) is 12.1 Å². The van der Waals surface area contributed by atoms with Crippen LogP contribution >= 0.6 is 10.2 Å². The van der Waals surface area contributed by atoms with Crippen molar-refractivity contribution in [1.29, 1.82) is 0 Å². The van der Waals surface area contributed by atoms with Gasteiger partial charge in [0.15, 0.2) is 5.95 Å². The van der Waals surface area contributed by atoms with E-state index in [0.717, 1.165) is 6.07 Å². The minimum Gasteiger partial charge on any atom is -0.369 e. The molecule has 0 fully saturated rings. The summed E-state index contributed by atoms with van der Waals surface area (Å²) in [5.41, 5.74) is 5.11. The number of nitrogens with zero attached hydrogens (tertiary/aromatic N) is 1. The molecule has 16 heavy (non-hydrogen) atoms. The third kappa shape index (κ3) is 1.90. The molecule has 0 radical (unpaired) electrons. The summed E-state index contributed by atoms with van der Waals surface area (Å²) in [5.74, 6) is -0.130. The third-order valence-electron chi connectivity index (χ3n) is 1.92. The van der Waals surface area contributed by atoms with Gasteiger partial charge >= 0.3 is 10.2 Å². The summed E-state index contributed by atoms with van der Waals surface area (Å²) in [6.07, 6.45) is 0. The molecule has 3 nitrogen and oxygen atoms in total. The third-order valence-corrected chi connectivity index (χ3v) is 3.06. The first-order chi connectivity index (χ1) is 6.95. The van der Waals surface area contributed by atoms with E-state index in [4.69, 9.17) is 5.73 Å². The quantitative estimate of drug-likeness (QED) is 0.765. The predicted molar refractivity (Wildman–Crippen MR) is 51.9 cm³/mol. The minimum absolute atomic E-state index is 0.100. The Bertz CT molecular complexity index is 572. The summed E-state index contributed by atoms with van der Waals surface area (Å²) in [4.78, 5) is 3.90. The molecule has 2 rings (SSSR count). The number of rotatable bonds is 1. The van der Waals surface area contributed by atoms with Crippen LogP contribution in [-0.4, -0.2) is 9.97 Å². The van der Waals surface area contributed by atoms with Crippen molar-refractivity contribution in [3.63, 3.8) is 0 Å². The zero-order valence-electron chi connectivity index (χ0n) is 7.55. The van der Waals surface area contributed by atoms with Crippen molar-refractivity contribution in [2.75, 3.05) is 5.73 Å². The van der Waals surface area contributed by atoms with E-state index in [1.165, 1.54) is 0 Å². The second kappa shape index (κ2) is 2.26. The highest BCUT2D eigenvalue weighted by Gasteiger charge is 2.65. The second-order valence-electron chi connectivity index (χ2n) is 3.27. The molecule has 0 unspecified atom stereocenters. The standard InChI is InChI=1S/C7H6F5N3S/c8-16(9,10,11,12)4-1-2-5-6(3-4)15-7(13)14-5/h1-3H,(H3,13,14,15). The number of hydrogen-bond acceptors (Lipinski definition) is 2. The average Bonchev–Trinajstić information content (AvgIpc) is 2.38. The van der Waals surface area contributed by atoms with Crippen molar-refractivity contribution in [1.82, 2.24) is 9.97 Å². The van der Waals surface area contributed by atoms with Gasteiger partial charge in [0.2, 0.25) is 0 Å². The van der Waals surface area contributed by atoms with E-state index in [9.17, 15) is 19.4 Å². The highest BCUT2D eigenvalue weighted by molar-refractivity contribution is 8.45. The van der Waals surface area contributed by atoms with Gasteiger partial charge in [-0.3, -0.25) is 0 Å². The number of nitrogens with two attached hydrogens (primary N) is 1. The molecule has 90 valence electrons. The van der Waals surface area contributed by atoms with Gasteiger partial charge in [-0.2, -0.15) is 0 Å². The van der Waals surface area contributed by atoms with Crippen molar-refractivity contribution >= 4 is 27.2 Å². The number of halogens is 5. The van der Waals surface area contributed by atoms with Crippen LogP contribution in [0.5, 0.6) is 0 Å². The Balaban J connectivity index is 2.74. The molecule has 0 bridgehead atoms. The molecule has 2 aromatic rings. The lowest BCUT2D eigenvalue weighted by atomic mass is 10.3. The minimum atomic E-state index is -9.63. The predicted octanol–water partition coefficient (Wildman–Crippen LogP) is 3.80. The SMILES string of the molecule is Nc1nc2ccc(S(F)(F)(F)(F)F)cc2[nH]1. The zero-order valence-corrected chi connectivity index (χ0v) is 8.37. The summed E-state index contributed by atoms with van der Waals surface area (Å²) in [7, 11) is -9.63. The van der Waals surface area contributed by atoms with E-state index < -0.39 is 15.1 Å². The normalized spacial score (nSPS) is 17.1. The van der Waals surface area contributed by atoms with Gasteiger partial charge in [-0.15, -0.1) is 0 Å². The molecular formula is C7H6F5N3S. The van der Waals surface area contributed by atoms with Gasteiger partial charge in [-0.05, 0) is 18.2 Å². The van der Waals surface area contributed by atoms with Crippen molar-refractivity contribution in [2.24, 2.45) is 0 Å². The lowest BCUT2D eigenvalue weighted by Gasteiger charge is -2.40. The molecule has 0 atom stereocenters. The smallest absolute Gasteiger partial charge is 0.310 e. The molecule has 1 aromatic carbocycles. The fourth-order valence-corrected chi connectivity index (χ4v) is 1.91. The molecule has 0 spiro atoms. The van der Waals surface area contributed by atoms with Gasteiger partial charge in [0, 0.05) is 0 Å². The van der Waals surface area contributed by atoms with Crippen molar-refractivity contribution in [3.8, 4) is 0 Å². The van der Waals surface area contributed by atoms with Gasteiger partial charge in [0.05, 0.1) is 11.0 Å². The highest BCUT2D eigenvalue weighted by Crippen LogP contribution is 3.02. The number of H-pyrrole nitrogens is 1.